The zero-order valence-corrected chi connectivity index (χ0v) is 8.62. The molecule has 1 fully saturated rings. The summed E-state index contributed by atoms with van der Waals surface area (Å²) in [6, 6.07) is 0.294. The minimum Gasteiger partial charge on any atom is -0.392 e. The van der Waals surface area contributed by atoms with Gasteiger partial charge in [-0.25, -0.2) is 0 Å². The Morgan fingerprint density at radius 2 is 2.31 bits per heavy atom. The SMILES string of the molecule is CCOC(C)CNC1CCCC1O. The molecule has 3 heteroatoms. The second-order valence-electron chi connectivity index (χ2n) is 3.78. The molecule has 3 atom stereocenters. The summed E-state index contributed by atoms with van der Waals surface area (Å²) in [6.07, 6.45) is 3.29. The van der Waals surface area contributed by atoms with Gasteiger partial charge in [0.1, 0.15) is 0 Å². The Morgan fingerprint density at radius 1 is 1.54 bits per heavy atom. The van der Waals surface area contributed by atoms with Crippen LogP contribution >= 0.6 is 0 Å². The predicted octanol–water partition coefficient (Wildman–Crippen LogP) is 0.914. The molecule has 13 heavy (non-hydrogen) atoms. The minimum atomic E-state index is -0.145. The lowest BCUT2D eigenvalue weighted by atomic mass is 10.2. The van der Waals surface area contributed by atoms with Crippen LogP contribution in [-0.4, -0.2) is 36.5 Å². The molecule has 3 unspecified atom stereocenters. The van der Waals surface area contributed by atoms with Crippen LogP contribution in [0.15, 0.2) is 0 Å². The zero-order chi connectivity index (χ0) is 9.68. The van der Waals surface area contributed by atoms with Crippen molar-refractivity contribution in [1.82, 2.24) is 5.32 Å². The maximum atomic E-state index is 9.53. The van der Waals surface area contributed by atoms with Gasteiger partial charge in [-0.3, -0.25) is 0 Å². The van der Waals surface area contributed by atoms with Gasteiger partial charge in [-0.05, 0) is 33.1 Å². The van der Waals surface area contributed by atoms with E-state index in [-0.39, 0.29) is 12.2 Å². The van der Waals surface area contributed by atoms with Gasteiger partial charge >= 0.3 is 0 Å². The fourth-order valence-corrected chi connectivity index (χ4v) is 1.84. The Hall–Kier alpha value is -0.120. The smallest absolute Gasteiger partial charge is 0.0693 e. The lowest BCUT2D eigenvalue weighted by Gasteiger charge is -2.19. The van der Waals surface area contributed by atoms with Crippen LogP contribution in [-0.2, 0) is 4.74 Å². The molecule has 0 aromatic carbocycles. The van der Waals surface area contributed by atoms with Gasteiger partial charge in [-0.2, -0.15) is 0 Å². The van der Waals surface area contributed by atoms with Crippen molar-refractivity contribution in [3.63, 3.8) is 0 Å². The fourth-order valence-electron chi connectivity index (χ4n) is 1.84. The van der Waals surface area contributed by atoms with Crippen LogP contribution in [0.2, 0.25) is 0 Å². The maximum Gasteiger partial charge on any atom is 0.0693 e. The summed E-state index contributed by atoms with van der Waals surface area (Å²) in [4.78, 5) is 0. The van der Waals surface area contributed by atoms with Crippen molar-refractivity contribution in [3.05, 3.63) is 0 Å². The summed E-state index contributed by atoms with van der Waals surface area (Å²) in [6.45, 7) is 5.66. The van der Waals surface area contributed by atoms with Crippen molar-refractivity contribution in [2.24, 2.45) is 0 Å². The summed E-state index contributed by atoms with van der Waals surface area (Å²) in [5.74, 6) is 0. The first-order valence-corrected chi connectivity index (χ1v) is 5.27. The molecule has 0 saturated heterocycles. The summed E-state index contributed by atoms with van der Waals surface area (Å²) in [5.41, 5.74) is 0. The molecule has 0 radical (unpaired) electrons. The van der Waals surface area contributed by atoms with E-state index in [0.29, 0.717) is 6.04 Å². The van der Waals surface area contributed by atoms with Gasteiger partial charge in [0.25, 0.3) is 0 Å². The van der Waals surface area contributed by atoms with Crippen LogP contribution in [0, 0.1) is 0 Å². The highest BCUT2D eigenvalue weighted by atomic mass is 16.5. The Kier molecular flexibility index (Phi) is 4.70. The summed E-state index contributed by atoms with van der Waals surface area (Å²) >= 11 is 0. The number of hydrogen-bond acceptors (Lipinski definition) is 3. The molecule has 1 aliphatic carbocycles. The Balaban J connectivity index is 2.10. The monoisotopic (exact) mass is 187 g/mol. The van der Waals surface area contributed by atoms with Crippen LogP contribution in [0.25, 0.3) is 0 Å². The van der Waals surface area contributed by atoms with Gasteiger partial charge in [0.05, 0.1) is 12.2 Å². The zero-order valence-electron chi connectivity index (χ0n) is 8.62. The third-order valence-electron chi connectivity index (χ3n) is 2.60. The van der Waals surface area contributed by atoms with Crippen LogP contribution in [0.3, 0.4) is 0 Å². The van der Waals surface area contributed by atoms with E-state index < -0.39 is 0 Å². The van der Waals surface area contributed by atoms with Crippen molar-refractivity contribution < 1.29 is 9.84 Å². The molecular formula is C10H21NO2. The molecule has 1 aliphatic rings. The Bertz CT molecular complexity index is 141. The first-order valence-electron chi connectivity index (χ1n) is 5.27. The maximum absolute atomic E-state index is 9.53. The van der Waals surface area contributed by atoms with Crippen LogP contribution in [0.1, 0.15) is 33.1 Å². The molecule has 1 saturated carbocycles. The normalized spacial score (nSPS) is 30.7. The topological polar surface area (TPSA) is 41.5 Å². The largest absolute Gasteiger partial charge is 0.392 e. The minimum absolute atomic E-state index is 0.145. The Labute approximate surface area is 80.5 Å². The number of aliphatic hydroxyl groups excluding tert-OH is 1. The second-order valence-corrected chi connectivity index (χ2v) is 3.78. The third-order valence-corrected chi connectivity index (χ3v) is 2.60. The summed E-state index contributed by atoms with van der Waals surface area (Å²) in [5, 5.41) is 12.9. The van der Waals surface area contributed by atoms with Crippen molar-refractivity contribution >= 4 is 0 Å². The lowest BCUT2D eigenvalue weighted by molar-refractivity contribution is 0.0674. The van der Waals surface area contributed by atoms with Gasteiger partial charge in [-0.15, -0.1) is 0 Å². The number of nitrogens with one attached hydrogen (secondary N) is 1. The van der Waals surface area contributed by atoms with Crippen molar-refractivity contribution in [2.75, 3.05) is 13.2 Å². The van der Waals surface area contributed by atoms with Crippen LogP contribution < -0.4 is 5.32 Å². The average molecular weight is 187 g/mol. The van der Waals surface area contributed by atoms with Gasteiger partial charge < -0.3 is 15.2 Å². The summed E-state index contributed by atoms with van der Waals surface area (Å²) < 4.78 is 5.39. The molecule has 0 aromatic heterocycles. The fraction of sp³-hybridized carbons (Fsp3) is 1.00. The molecule has 2 N–H and O–H groups in total. The molecule has 0 aromatic rings. The highest BCUT2D eigenvalue weighted by Crippen LogP contribution is 2.18. The van der Waals surface area contributed by atoms with Crippen molar-refractivity contribution in [1.29, 1.82) is 0 Å². The van der Waals surface area contributed by atoms with E-state index in [0.717, 1.165) is 32.4 Å². The quantitative estimate of drug-likeness (QED) is 0.672. The van der Waals surface area contributed by atoms with E-state index in [9.17, 15) is 5.11 Å². The standard InChI is InChI=1S/C10H21NO2/c1-3-13-8(2)7-11-9-5-4-6-10(9)12/h8-12H,3-7H2,1-2H3. The highest BCUT2D eigenvalue weighted by molar-refractivity contribution is 4.82. The van der Waals surface area contributed by atoms with Gasteiger partial charge in [0.15, 0.2) is 0 Å². The van der Waals surface area contributed by atoms with Gasteiger partial charge in [-0.1, -0.05) is 0 Å². The molecule has 0 aliphatic heterocycles. The molecule has 0 bridgehead atoms. The highest BCUT2D eigenvalue weighted by Gasteiger charge is 2.24. The number of ether oxygens (including phenoxy) is 1. The van der Waals surface area contributed by atoms with Crippen molar-refractivity contribution in [2.45, 2.75) is 51.4 Å². The van der Waals surface area contributed by atoms with E-state index in [2.05, 4.69) is 12.2 Å². The average Bonchev–Trinajstić information content (AvgIpc) is 2.48. The van der Waals surface area contributed by atoms with E-state index in [1.807, 2.05) is 6.92 Å². The van der Waals surface area contributed by atoms with E-state index in [1.165, 1.54) is 0 Å². The van der Waals surface area contributed by atoms with E-state index in [1.54, 1.807) is 0 Å². The molecule has 0 spiro atoms. The first-order chi connectivity index (χ1) is 6.24. The third kappa shape index (κ3) is 3.63. The number of hydrogen-bond donors (Lipinski definition) is 2. The second kappa shape index (κ2) is 5.58. The molecule has 0 heterocycles. The molecular weight excluding hydrogens is 166 g/mol. The van der Waals surface area contributed by atoms with Crippen LogP contribution in [0.5, 0.6) is 0 Å². The van der Waals surface area contributed by atoms with Crippen LogP contribution in [0.4, 0.5) is 0 Å². The summed E-state index contributed by atoms with van der Waals surface area (Å²) in [7, 11) is 0. The lowest BCUT2D eigenvalue weighted by Crippen LogP contribution is -2.40. The molecule has 78 valence electrons. The molecule has 0 amide bonds. The predicted molar refractivity (Wildman–Crippen MR) is 52.7 cm³/mol. The van der Waals surface area contributed by atoms with E-state index >= 15 is 0 Å². The molecule has 1 rings (SSSR count). The Morgan fingerprint density at radius 3 is 2.85 bits per heavy atom. The first kappa shape index (κ1) is 11.0. The number of aliphatic hydroxyl groups is 1. The van der Waals surface area contributed by atoms with E-state index in [4.69, 9.17) is 4.74 Å². The van der Waals surface area contributed by atoms with Crippen molar-refractivity contribution in [3.8, 4) is 0 Å². The molecule has 3 nitrogen and oxygen atoms in total. The number of rotatable bonds is 5. The van der Waals surface area contributed by atoms with Gasteiger partial charge in [0, 0.05) is 19.2 Å². The van der Waals surface area contributed by atoms with Gasteiger partial charge in [0.2, 0.25) is 0 Å².